The predicted octanol–water partition coefficient (Wildman–Crippen LogP) is 1.31. The maximum Gasteiger partial charge on any atom is 0.333 e. The first-order valence-corrected chi connectivity index (χ1v) is 7.32. The van der Waals surface area contributed by atoms with E-state index in [0.717, 1.165) is 32.5 Å². The monoisotopic (exact) mass is 279 g/mol. The summed E-state index contributed by atoms with van der Waals surface area (Å²) < 4.78 is 1.77. The van der Waals surface area contributed by atoms with Crippen molar-refractivity contribution >= 4 is 11.5 Å². The standard InChI is InChI=1S/C13H21N5O2/c1-3-17-13(12(18(19)20)9(2)15-17)16-7-5-11-10(8-16)4-6-14-11/h10-11,14H,3-8H2,1-2H3. The minimum atomic E-state index is -0.289. The lowest BCUT2D eigenvalue weighted by Gasteiger charge is -2.35. The van der Waals surface area contributed by atoms with Crippen LogP contribution >= 0.6 is 0 Å². The SMILES string of the molecule is CCn1nc(C)c([N+](=O)[O-])c1N1CCC2NCCC2C1. The molecule has 110 valence electrons. The average molecular weight is 279 g/mol. The van der Waals surface area contributed by atoms with Crippen LogP contribution in [0.4, 0.5) is 11.5 Å². The molecule has 3 rings (SSSR count). The number of anilines is 1. The Morgan fingerprint density at radius 3 is 3.00 bits per heavy atom. The lowest BCUT2D eigenvalue weighted by molar-refractivity contribution is -0.384. The molecule has 2 fully saturated rings. The summed E-state index contributed by atoms with van der Waals surface area (Å²) in [5.41, 5.74) is 0.690. The van der Waals surface area contributed by atoms with Crippen LogP contribution in [0.5, 0.6) is 0 Å². The van der Waals surface area contributed by atoms with Crippen LogP contribution in [-0.4, -0.2) is 40.4 Å². The largest absolute Gasteiger partial charge is 0.351 e. The highest BCUT2D eigenvalue weighted by Gasteiger charge is 2.37. The number of nitrogens with one attached hydrogen (secondary N) is 1. The van der Waals surface area contributed by atoms with Crippen molar-refractivity contribution in [2.24, 2.45) is 5.92 Å². The Morgan fingerprint density at radius 2 is 2.30 bits per heavy atom. The van der Waals surface area contributed by atoms with Crippen LogP contribution in [-0.2, 0) is 6.54 Å². The molecule has 1 N–H and O–H groups in total. The Kier molecular flexibility index (Phi) is 3.37. The summed E-state index contributed by atoms with van der Waals surface area (Å²) in [4.78, 5) is 13.2. The fourth-order valence-electron chi connectivity index (χ4n) is 3.55. The second-order valence-electron chi connectivity index (χ2n) is 5.67. The molecule has 1 aromatic heterocycles. The molecule has 0 saturated carbocycles. The third-order valence-corrected chi connectivity index (χ3v) is 4.51. The molecule has 0 aromatic carbocycles. The lowest BCUT2D eigenvalue weighted by Crippen LogP contribution is -2.45. The number of hydrogen-bond donors (Lipinski definition) is 1. The molecule has 2 saturated heterocycles. The summed E-state index contributed by atoms with van der Waals surface area (Å²) in [6, 6.07) is 0.587. The average Bonchev–Trinajstić information content (AvgIpc) is 3.00. The number of nitrogens with zero attached hydrogens (tertiary/aromatic N) is 4. The zero-order valence-corrected chi connectivity index (χ0v) is 12.0. The van der Waals surface area contributed by atoms with Gasteiger partial charge in [0, 0.05) is 25.7 Å². The summed E-state index contributed by atoms with van der Waals surface area (Å²) >= 11 is 0. The summed E-state index contributed by atoms with van der Waals surface area (Å²) in [5, 5.41) is 19.2. The fraction of sp³-hybridized carbons (Fsp3) is 0.769. The molecule has 2 unspecified atom stereocenters. The van der Waals surface area contributed by atoms with Crippen molar-refractivity contribution in [3.63, 3.8) is 0 Å². The number of rotatable bonds is 3. The van der Waals surface area contributed by atoms with Crippen LogP contribution < -0.4 is 10.2 Å². The van der Waals surface area contributed by atoms with E-state index in [4.69, 9.17) is 0 Å². The minimum Gasteiger partial charge on any atom is -0.351 e. The van der Waals surface area contributed by atoms with Gasteiger partial charge in [-0.1, -0.05) is 0 Å². The van der Waals surface area contributed by atoms with E-state index in [0.29, 0.717) is 30.0 Å². The molecule has 2 atom stereocenters. The first kappa shape index (κ1) is 13.4. The van der Waals surface area contributed by atoms with Crippen LogP contribution in [0, 0.1) is 23.0 Å². The molecule has 2 aliphatic rings. The van der Waals surface area contributed by atoms with Crippen LogP contribution in [0.15, 0.2) is 0 Å². The number of aromatic nitrogens is 2. The van der Waals surface area contributed by atoms with E-state index in [-0.39, 0.29) is 10.6 Å². The molecule has 20 heavy (non-hydrogen) atoms. The molecule has 7 heteroatoms. The van der Waals surface area contributed by atoms with Gasteiger partial charge in [0.15, 0.2) is 0 Å². The molecule has 0 aliphatic carbocycles. The molecular formula is C13H21N5O2. The Morgan fingerprint density at radius 1 is 1.50 bits per heavy atom. The van der Waals surface area contributed by atoms with Gasteiger partial charge in [-0.2, -0.15) is 5.10 Å². The molecule has 1 aromatic rings. The topological polar surface area (TPSA) is 76.2 Å². The van der Waals surface area contributed by atoms with Crippen molar-refractivity contribution in [1.82, 2.24) is 15.1 Å². The summed E-state index contributed by atoms with van der Waals surface area (Å²) in [6.07, 6.45) is 2.21. The van der Waals surface area contributed by atoms with Gasteiger partial charge in [-0.3, -0.25) is 10.1 Å². The minimum absolute atomic E-state index is 0.177. The van der Waals surface area contributed by atoms with Crippen molar-refractivity contribution in [2.75, 3.05) is 24.5 Å². The second kappa shape index (κ2) is 5.05. The Balaban J connectivity index is 1.94. The van der Waals surface area contributed by atoms with E-state index in [1.165, 1.54) is 0 Å². The van der Waals surface area contributed by atoms with Crippen LogP contribution in [0.3, 0.4) is 0 Å². The molecule has 0 radical (unpaired) electrons. The molecule has 3 heterocycles. The van der Waals surface area contributed by atoms with Gasteiger partial charge in [-0.15, -0.1) is 0 Å². The number of hydrogen-bond acceptors (Lipinski definition) is 5. The highest BCUT2D eigenvalue weighted by Crippen LogP contribution is 2.35. The van der Waals surface area contributed by atoms with Gasteiger partial charge in [-0.05, 0) is 39.2 Å². The Bertz CT molecular complexity index is 527. The zero-order chi connectivity index (χ0) is 14.3. The van der Waals surface area contributed by atoms with Gasteiger partial charge >= 0.3 is 5.69 Å². The number of aryl methyl sites for hydroxylation is 2. The Hall–Kier alpha value is -1.63. The van der Waals surface area contributed by atoms with E-state index in [9.17, 15) is 10.1 Å². The van der Waals surface area contributed by atoms with E-state index >= 15 is 0 Å². The second-order valence-corrected chi connectivity index (χ2v) is 5.67. The van der Waals surface area contributed by atoms with E-state index < -0.39 is 0 Å². The van der Waals surface area contributed by atoms with Gasteiger partial charge in [0.2, 0.25) is 5.82 Å². The molecular weight excluding hydrogens is 258 g/mol. The lowest BCUT2D eigenvalue weighted by atomic mass is 9.93. The van der Waals surface area contributed by atoms with Crippen molar-refractivity contribution in [3.8, 4) is 0 Å². The van der Waals surface area contributed by atoms with Crippen molar-refractivity contribution < 1.29 is 4.92 Å². The maximum atomic E-state index is 11.4. The van der Waals surface area contributed by atoms with Gasteiger partial charge in [-0.25, -0.2) is 4.68 Å². The van der Waals surface area contributed by atoms with E-state index in [2.05, 4.69) is 15.3 Å². The van der Waals surface area contributed by atoms with Gasteiger partial charge in [0.1, 0.15) is 5.69 Å². The molecule has 2 aliphatic heterocycles. The van der Waals surface area contributed by atoms with Crippen LogP contribution in [0.2, 0.25) is 0 Å². The van der Waals surface area contributed by atoms with Gasteiger partial charge in [0.25, 0.3) is 0 Å². The predicted molar refractivity (Wildman–Crippen MR) is 76.0 cm³/mol. The quantitative estimate of drug-likeness (QED) is 0.667. The first-order valence-electron chi connectivity index (χ1n) is 7.32. The molecule has 0 bridgehead atoms. The molecule has 0 spiro atoms. The van der Waals surface area contributed by atoms with Crippen LogP contribution in [0.25, 0.3) is 0 Å². The summed E-state index contributed by atoms with van der Waals surface area (Å²) in [7, 11) is 0. The summed E-state index contributed by atoms with van der Waals surface area (Å²) in [5.74, 6) is 1.30. The van der Waals surface area contributed by atoms with Crippen molar-refractivity contribution in [3.05, 3.63) is 15.8 Å². The number of nitro groups is 1. The molecule has 7 nitrogen and oxygen atoms in total. The first-order chi connectivity index (χ1) is 9.61. The van der Waals surface area contributed by atoms with Gasteiger partial charge < -0.3 is 10.2 Å². The highest BCUT2D eigenvalue weighted by atomic mass is 16.6. The number of piperidine rings is 1. The van der Waals surface area contributed by atoms with Gasteiger partial charge in [0.05, 0.1) is 4.92 Å². The number of fused-ring (bicyclic) bond motifs is 1. The van der Waals surface area contributed by atoms with Crippen LogP contribution in [0.1, 0.15) is 25.5 Å². The van der Waals surface area contributed by atoms with Crippen molar-refractivity contribution in [1.29, 1.82) is 0 Å². The van der Waals surface area contributed by atoms with E-state index in [1.807, 2.05) is 6.92 Å². The normalized spacial score (nSPS) is 25.8. The fourth-order valence-corrected chi connectivity index (χ4v) is 3.55. The maximum absolute atomic E-state index is 11.4. The third kappa shape index (κ3) is 2.06. The zero-order valence-electron chi connectivity index (χ0n) is 12.0. The molecule has 0 amide bonds. The van der Waals surface area contributed by atoms with E-state index in [1.54, 1.807) is 11.6 Å². The smallest absolute Gasteiger partial charge is 0.333 e. The van der Waals surface area contributed by atoms with Crippen molar-refractivity contribution in [2.45, 2.75) is 39.3 Å². The third-order valence-electron chi connectivity index (χ3n) is 4.51. The summed E-state index contributed by atoms with van der Waals surface area (Å²) in [6.45, 7) is 7.18. The highest BCUT2D eigenvalue weighted by molar-refractivity contribution is 5.61. The Labute approximate surface area is 118 Å².